The van der Waals surface area contributed by atoms with Gasteiger partial charge in [-0.2, -0.15) is 0 Å². The van der Waals surface area contributed by atoms with E-state index in [4.69, 9.17) is 4.42 Å². The lowest BCUT2D eigenvalue weighted by molar-refractivity contribution is 0.470. The highest BCUT2D eigenvalue weighted by Gasteiger charge is 2.10. The molecule has 0 saturated heterocycles. The Morgan fingerprint density at radius 1 is 1.07 bits per heavy atom. The monoisotopic (exact) mass is 580 g/mol. The summed E-state index contributed by atoms with van der Waals surface area (Å²) in [5.41, 5.74) is 5.05. The Balaban J connectivity index is 1.69. The highest BCUT2D eigenvalue weighted by Crippen LogP contribution is 2.29. The van der Waals surface area contributed by atoms with E-state index in [2.05, 4.69) is 55.2 Å². The van der Waals surface area contributed by atoms with Crippen LogP contribution in [-0.2, 0) is 0 Å². The second kappa shape index (κ2) is 7.59. The Kier molecular flexibility index (Phi) is 5.18. The number of benzene rings is 3. The summed E-state index contributed by atoms with van der Waals surface area (Å²) in [4.78, 5) is 9.13. The van der Waals surface area contributed by atoms with Crippen molar-refractivity contribution in [3.63, 3.8) is 0 Å². The lowest BCUT2D eigenvalue weighted by Crippen LogP contribution is -1.87. The molecule has 4 rings (SSSR count). The number of hydrogen-bond acceptors (Lipinski definition) is 4. The van der Waals surface area contributed by atoms with Gasteiger partial charge < -0.3 is 9.52 Å². The predicted octanol–water partition coefficient (Wildman–Crippen LogP) is 6.47. The van der Waals surface area contributed by atoms with E-state index in [-0.39, 0.29) is 5.75 Å². The smallest absolute Gasteiger partial charge is 0.227 e. The zero-order valence-electron chi connectivity index (χ0n) is 14.3. The van der Waals surface area contributed by atoms with E-state index in [9.17, 15) is 5.11 Å². The van der Waals surface area contributed by atoms with Gasteiger partial charge in [-0.15, -0.1) is 0 Å². The third kappa shape index (κ3) is 3.86. The maximum atomic E-state index is 10.2. The van der Waals surface area contributed by atoms with Crippen molar-refractivity contribution in [1.29, 1.82) is 0 Å². The lowest BCUT2D eigenvalue weighted by atomic mass is 10.2. The first-order chi connectivity index (χ1) is 13.0. The number of hydrogen-bond donors (Lipinski definition) is 1. The number of aliphatic imine (C=N–C) groups is 1. The molecule has 0 spiro atoms. The van der Waals surface area contributed by atoms with Gasteiger partial charge in [0.05, 0.1) is 9.26 Å². The number of rotatable bonds is 3. The largest absolute Gasteiger partial charge is 0.506 e. The van der Waals surface area contributed by atoms with Gasteiger partial charge >= 0.3 is 0 Å². The molecule has 1 N–H and O–H groups in total. The molecule has 4 nitrogen and oxygen atoms in total. The van der Waals surface area contributed by atoms with Crippen LogP contribution in [0.4, 0.5) is 5.69 Å². The molecular weight excluding hydrogens is 566 g/mol. The standard InChI is InChI=1S/C21H14I2N2O2/c1-12-4-2-7-18-19(12)25-21(27-18)13-5-3-6-16(9-13)24-11-14-8-15(22)10-17(23)20(14)26/h2-11,26H,1H3. The van der Waals surface area contributed by atoms with Gasteiger partial charge in [-0.1, -0.05) is 18.2 Å². The van der Waals surface area contributed by atoms with E-state index in [0.29, 0.717) is 11.5 Å². The van der Waals surface area contributed by atoms with Crippen molar-refractivity contribution in [3.8, 4) is 17.2 Å². The number of phenols is 1. The minimum absolute atomic E-state index is 0.241. The number of aryl methyl sites for hydroxylation is 1. The minimum Gasteiger partial charge on any atom is -0.506 e. The van der Waals surface area contributed by atoms with E-state index < -0.39 is 0 Å². The molecule has 0 amide bonds. The SMILES string of the molecule is Cc1cccc2oc(-c3cccc(N=Cc4cc(I)cc(I)c4O)c3)nc12. The Labute approximate surface area is 183 Å². The molecule has 134 valence electrons. The van der Waals surface area contributed by atoms with Crippen LogP contribution in [-0.4, -0.2) is 16.3 Å². The molecule has 0 saturated carbocycles. The zero-order chi connectivity index (χ0) is 19.0. The quantitative estimate of drug-likeness (QED) is 0.224. The first-order valence-corrected chi connectivity index (χ1v) is 10.4. The van der Waals surface area contributed by atoms with Crippen LogP contribution in [0.25, 0.3) is 22.6 Å². The summed E-state index contributed by atoms with van der Waals surface area (Å²) in [5, 5.41) is 10.2. The molecule has 1 heterocycles. The summed E-state index contributed by atoms with van der Waals surface area (Å²) in [7, 11) is 0. The van der Waals surface area contributed by atoms with Crippen LogP contribution in [0.15, 0.2) is 64.0 Å². The Bertz CT molecular complexity index is 1180. The van der Waals surface area contributed by atoms with Crippen LogP contribution in [0.2, 0.25) is 0 Å². The second-order valence-electron chi connectivity index (χ2n) is 6.07. The van der Waals surface area contributed by atoms with Crippen molar-refractivity contribution < 1.29 is 9.52 Å². The molecule has 0 aliphatic heterocycles. The van der Waals surface area contributed by atoms with Gasteiger partial charge in [-0.25, -0.2) is 4.98 Å². The van der Waals surface area contributed by atoms with Gasteiger partial charge in [0, 0.05) is 20.9 Å². The number of para-hydroxylation sites is 1. The van der Waals surface area contributed by atoms with E-state index in [1.165, 1.54) is 0 Å². The first-order valence-electron chi connectivity index (χ1n) is 8.20. The summed E-state index contributed by atoms with van der Waals surface area (Å²) < 4.78 is 7.75. The van der Waals surface area contributed by atoms with Crippen molar-refractivity contribution in [2.45, 2.75) is 6.92 Å². The van der Waals surface area contributed by atoms with Crippen molar-refractivity contribution in [1.82, 2.24) is 4.98 Å². The molecular formula is C21H14I2N2O2. The number of oxazole rings is 1. The molecule has 0 aliphatic rings. The molecule has 0 bridgehead atoms. The zero-order valence-corrected chi connectivity index (χ0v) is 18.6. The van der Waals surface area contributed by atoms with E-state index >= 15 is 0 Å². The third-order valence-electron chi connectivity index (χ3n) is 4.12. The molecule has 0 fully saturated rings. The summed E-state index contributed by atoms with van der Waals surface area (Å²) in [6.45, 7) is 2.02. The highest BCUT2D eigenvalue weighted by atomic mass is 127. The van der Waals surface area contributed by atoms with E-state index in [1.54, 1.807) is 6.21 Å². The van der Waals surface area contributed by atoms with Gasteiger partial charge in [0.2, 0.25) is 5.89 Å². The molecule has 27 heavy (non-hydrogen) atoms. The third-order valence-corrected chi connectivity index (χ3v) is 5.57. The van der Waals surface area contributed by atoms with Crippen LogP contribution in [0.1, 0.15) is 11.1 Å². The summed E-state index contributed by atoms with van der Waals surface area (Å²) in [5.74, 6) is 0.813. The number of aromatic hydroxyl groups is 1. The molecule has 6 heteroatoms. The Morgan fingerprint density at radius 3 is 2.70 bits per heavy atom. The number of aromatic nitrogens is 1. The molecule has 4 aromatic rings. The van der Waals surface area contributed by atoms with Crippen molar-refractivity contribution in [2.24, 2.45) is 4.99 Å². The maximum Gasteiger partial charge on any atom is 0.227 e. The van der Waals surface area contributed by atoms with Crippen LogP contribution < -0.4 is 0 Å². The fourth-order valence-corrected chi connectivity index (χ4v) is 4.65. The average Bonchev–Trinajstić information content (AvgIpc) is 3.09. The second-order valence-corrected chi connectivity index (χ2v) is 8.48. The maximum absolute atomic E-state index is 10.2. The first kappa shape index (κ1) is 18.4. The van der Waals surface area contributed by atoms with Crippen molar-refractivity contribution in [2.75, 3.05) is 0 Å². The van der Waals surface area contributed by atoms with Gasteiger partial charge in [0.15, 0.2) is 5.58 Å². The van der Waals surface area contributed by atoms with E-state index in [0.717, 1.165) is 35.1 Å². The van der Waals surface area contributed by atoms with Crippen LogP contribution in [0.5, 0.6) is 5.75 Å². The molecule has 0 radical (unpaired) electrons. The van der Waals surface area contributed by atoms with Crippen LogP contribution in [0, 0.1) is 14.1 Å². The van der Waals surface area contributed by atoms with Gasteiger partial charge in [0.25, 0.3) is 0 Å². The number of nitrogens with zero attached hydrogens (tertiary/aromatic N) is 2. The number of halogens is 2. The summed E-state index contributed by atoms with van der Waals surface area (Å²) in [6.07, 6.45) is 1.68. The molecule has 1 aromatic heterocycles. The van der Waals surface area contributed by atoms with E-state index in [1.807, 2.05) is 61.5 Å². The topological polar surface area (TPSA) is 58.6 Å². The normalized spacial score (nSPS) is 11.5. The Hall–Kier alpha value is -1.94. The van der Waals surface area contributed by atoms with Crippen LogP contribution in [0.3, 0.4) is 0 Å². The van der Waals surface area contributed by atoms with Crippen molar-refractivity contribution >= 4 is 68.2 Å². The lowest BCUT2D eigenvalue weighted by Gasteiger charge is -2.03. The minimum atomic E-state index is 0.241. The average molecular weight is 580 g/mol. The number of fused-ring (bicyclic) bond motifs is 1. The molecule has 0 atom stereocenters. The van der Waals surface area contributed by atoms with Gasteiger partial charge in [-0.3, -0.25) is 4.99 Å². The fraction of sp³-hybridized carbons (Fsp3) is 0.0476. The van der Waals surface area contributed by atoms with Gasteiger partial charge in [0.1, 0.15) is 11.3 Å². The van der Waals surface area contributed by atoms with Gasteiger partial charge in [-0.05, 0) is 94.1 Å². The Morgan fingerprint density at radius 2 is 1.89 bits per heavy atom. The summed E-state index contributed by atoms with van der Waals surface area (Å²) in [6, 6.07) is 17.4. The fourth-order valence-electron chi connectivity index (χ4n) is 2.76. The molecule has 0 unspecified atom stereocenters. The number of phenolic OH excluding ortho intramolecular Hbond substituents is 1. The van der Waals surface area contributed by atoms with Crippen molar-refractivity contribution in [3.05, 3.63) is 72.9 Å². The highest BCUT2D eigenvalue weighted by molar-refractivity contribution is 14.1. The van der Waals surface area contributed by atoms with Crippen LogP contribution >= 0.6 is 45.2 Å². The molecule has 3 aromatic carbocycles. The predicted molar refractivity (Wildman–Crippen MR) is 125 cm³/mol. The summed E-state index contributed by atoms with van der Waals surface area (Å²) >= 11 is 4.34. The molecule has 0 aliphatic carbocycles.